The summed E-state index contributed by atoms with van der Waals surface area (Å²) in [7, 11) is -8.19. The lowest BCUT2D eigenvalue weighted by Gasteiger charge is -2.25. The topological polar surface area (TPSA) is 131 Å². The minimum atomic E-state index is -4.32. The standard InChI is InChI=1S/C28H24FN3O7S2/c29-20-6-10-23(11-7-20)32(41(36,37)25-14-15-26-27(18-25)39-17-16-38-26)19-28(33)30-21-8-12-24(13-9-21)40(34,35)31-22-4-2-1-3-5-22/h1-15,18,31H,16-17,19H2,(H,30,33). The summed E-state index contributed by atoms with van der Waals surface area (Å²) >= 11 is 0. The van der Waals surface area contributed by atoms with Gasteiger partial charge in [0.1, 0.15) is 25.6 Å². The summed E-state index contributed by atoms with van der Waals surface area (Å²) in [6, 6.07) is 22.5. The fourth-order valence-electron chi connectivity index (χ4n) is 4.00. The van der Waals surface area contributed by atoms with E-state index < -0.39 is 38.3 Å². The molecule has 1 aliphatic heterocycles. The van der Waals surface area contributed by atoms with E-state index in [4.69, 9.17) is 9.47 Å². The highest BCUT2D eigenvalue weighted by atomic mass is 32.2. The van der Waals surface area contributed by atoms with Gasteiger partial charge in [-0.15, -0.1) is 0 Å². The van der Waals surface area contributed by atoms with Gasteiger partial charge in [0, 0.05) is 17.4 Å². The number of rotatable bonds is 9. The van der Waals surface area contributed by atoms with Crippen molar-refractivity contribution in [3.8, 4) is 11.5 Å². The van der Waals surface area contributed by atoms with Gasteiger partial charge in [-0.25, -0.2) is 21.2 Å². The molecule has 0 bridgehead atoms. The van der Waals surface area contributed by atoms with Crippen molar-refractivity contribution in [1.82, 2.24) is 0 Å². The van der Waals surface area contributed by atoms with Gasteiger partial charge < -0.3 is 14.8 Å². The zero-order chi connectivity index (χ0) is 29.0. The summed E-state index contributed by atoms with van der Waals surface area (Å²) in [5.74, 6) is -0.650. The number of nitrogens with zero attached hydrogens (tertiary/aromatic N) is 1. The first kappa shape index (κ1) is 27.9. The number of benzene rings is 4. The van der Waals surface area contributed by atoms with Gasteiger partial charge in [-0.2, -0.15) is 0 Å². The van der Waals surface area contributed by atoms with Crippen molar-refractivity contribution in [1.29, 1.82) is 0 Å². The Morgan fingerprint density at radius 2 is 1.39 bits per heavy atom. The van der Waals surface area contributed by atoms with E-state index in [0.717, 1.165) is 16.4 Å². The Labute approximate surface area is 236 Å². The number of sulfonamides is 2. The Bertz CT molecular complexity index is 1770. The van der Waals surface area contributed by atoms with Crippen molar-refractivity contribution in [3.63, 3.8) is 0 Å². The molecule has 10 nitrogen and oxygen atoms in total. The third kappa shape index (κ3) is 6.42. The predicted molar refractivity (Wildman–Crippen MR) is 151 cm³/mol. The van der Waals surface area contributed by atoms with Crippen LogP contribution in [0.25, 0.3) is 0 Å². The third-order valence-electron chi connectivity index (χ3n) is 5.98. The molecule has 2 N–H and O–H groups in total. The molecule has 0 radical (unpaired) electrons. The number of carbonyl (C=O) groups excluding carboxylic acids is 1. The maximum absolute atomic E-state index is 13.7. The van der Waals surface area contributed by atoms with Crippen molar-refractivity contribution in [2.24, 2.45) is 0 Å². The summed E-state index contributed by atoms with van der Waals surface area (Å²) in [4.78, 5) is 12.8. The average Bonchev–Trinajstić information content (AvgIpc) is 2.97. The Kier molecular flexibility index (Phi) is 7.81. The summed E-state index contributed by atoms with van der Waals surface area (Å²) < 4.78 is 80.6. The molecule has 0 aromatic heterocycles. The maximum Gasteiger partial charge on any atom is 0.264 e. The van der Waals surface area contributed by atoms with Gasteiger partial charge in [0.2, 0.25) is 5.91 Å². The molecule has 4 aromatic rings. The molecule has 0 saturated heterocycles. The number of fused-ring (bicyclic) bond motifs is 1. The monoisotopic (exact) mass is 597 g/mol. The quantitative estimate of drug-likeness (QED) is 0.295. The summed E-state index contributed by atoms with van der Waals surface area (Å²) in [5, 5.41) is 2.58. The van der Waals surface area contributed by atoms with Crippen LogP contribution in [-0.2, 0) is 24.8 Å². The van der Waals surface area contributed by atoms with Gasteiger partial charge in [-0.3, -0.25) is 13.8 Å². The second-order valence-corrected chi connectivity index (χ2v) is 12.4. The molecule has 0 fully saturated rings. The Morgan fingerprint density at radius 3 is 2.07 bits per heavy atom. The van der Waals surface area contributed by atoms with Gasteiger partial charge >= 0.3 is 0 Å². The average molecular weight is 598 g/mol. The van der Waals surface area contributed by atoms with E-state index in [2.05, 4.69) is 10.0 Å². The highest BCUT2D eigenvalue weighted by Crippen LogP contribution is 2.34. The van der Waals surface area contributed by atoms with Crippen molar-refractivity contribution in [3.05, 3.63) is 103 Å². The molecule has 1 amide bonds. The second-order valence-electron chi connectivity index (χ2n) is 8.84. The van der Waals surface area contributed by atoms with E-state index >= 15 is 0 Å². The van der Waals surface area contributed by atoms with Crippen LogP contribution >= 0.6 is 0 Å². The van der Waals surface area contributed by atoms with E-state index in [1.165, 1.54) is 54.6 Å². The van der Waals surface area contributed by atoms with E-state index in [0.29, 0.717) is 18.0 Å². The number of hydrogen-bond donors (Lipinski definition) is 2. The van der Waals surface area contributed by atoms with Crippen LogP contribution in [0.2, 0.25) is 0 Å². The first-order valence-electron chi connectivity index (χ1n) is 12.3. The fourth-order valence-corrected chi connectivity index (χ4v) is 6.50. The number of para-hydroxylation sites is 1. The number of halogens is 1. The molecule has 5 rings (SSSR count). The van der Waals surface area contributed by atoms with Crippen molar-refractivity contribution >= 4 is 43.0 Å². The Hall–Kier alpha value is -4.62. The molecule has 0 unspecified atom stereocenters. The first-order valence-corrected chi connectivity index (χ1v) is 15.2. The molecule has 212 valence electrons. The molecule has 4 aromatic carbocycles. The van der Waals surface area contributed by atoms with Crippen LogP contribution in [0.4, 0.5) is 21.5 Å². The van der Waals surface area contributed by atoms with Crippen LogP contribution in [0, 0.1) is 5.82 Å². The largest absolute Gasteiger partial charge is 0.486 e. The Balaban J connectivity index is 1.35. The van der Waals surface area contributed by atoms with Crippen LogP contribution in [-0.4, -0.2) is 42.5 Å². The highest BCUT2D eigenvalue weighted by molar-refractivity contribution is 7.93. The van der Waals surface area contributed by atoms with Crippen LogP contribution in [0.15, 0.2) is 107 Å². The van der Waals surface area contributed by atoms with Crippen LogP contribution < -0.4 is 23.8 Å². The summed E-state index contributed by atoms with van der Waals surface area (Å²) in [6.45, 7) is -0.0710. The minimum absolute atomic E-state index is 0.0338. The number of amides is 1. The lowest BCUT2D eigenvalue weighted by atomic mass is 10.3. The highest BCUT2D eigenvalue weighted by Gasteiger charge is 2.29. The molecular formula is C28H24FN3O7S2. The van der Waals surface area contributed by atoms with E-state index in [9.17, 15) is 26.0 Å². The van der Waals surface area contributed by atoms with Crippen LogP contribution in [0.3, 0.4) is 0 Å². The molecular weight excluding hydrogens is 573 g/mol. The zero-order valence-corrected chi connectivity index (χ0v) is 23.0. The predicted octanol–water partition coefficient (Wildman–Crippen LogP) is 4.23. The minimum Gasteiger partial charge on any atom is -0.486 e. The smallest absolute Gasteiger partial charge is 0.264 e. The number of ether oxygens (including phenoxy) is 2. The van der Waals surface area contributed by atoms with E-state index in [-0.39, 0.29) is 33.5 Å². The lowest BCUT2D eigenvalue weighted by molar-refractivity contribution is -0.114. The van der Waals surface area contributed by atoms with E-state index in [1.807, 2.05) is 0 Å². The van der Waals surface area contributed by atoms with Crippen molar-refractivity contribution in [2.45, 2.75) is 9.79 Å². The Morgan fingerprint density at radius 1 is 0.756 bits per heavy atom. The summed E-state index contributed by atoms with van der Waals surface area (Å²) in [5.41, 5.74) is 0.694. The molecule has 0 atom stereocenters. The summed E-state index contributed by atoms with van der Waals surface area (Å²) in [6.07, 6.45) is 0. The maximum atomic E-state index is 13.7. The first-order chi connectivity index (χ1) is 19.6. The molecule has 0 spiro atoms. The number of hydrogen-bond acceptors (Lipinski definition) is 7. The van der Waals surface area contributed by atoms with Gasteiger partial charge in [-0.05, 0) is 72.8 Å². The van der Waals surface area contributed by atoms with Crippen molar-refractivity contribution in [2.75, 3.05) is 34.1 Å². The van der Waals surface area contributed by atoms with Crippen LogP contribution in [0.1, 0.15) is 0 Å². The lowest BCUT2D eigenvalue weighted by Crippen LogP contribution is -2.38. The fraction of sp³-hybridized carbons (Fsp3) is 0.107. The zero-order valence-electron chi connectivity index (χ0n) is 21.4. The van der Waals surface area contributed by atoms with Gasteiger partial charge in [0.05, 0.1) is 15.5 Å². The van der Waals surface area contributed by atoms with Gasteiger partial charge in [0.25, 0.3) is 20.0 Å². The molecule has 1 heterocycles. The SMILES string of the molecule is O=C(CN(c1ccc(F)cc1)S(=O)(=O)c1ccc2c(c1)OCCO2)Nc1ccc(S(=O)(=O)Nc2ccccc2)cc1. The third-order valence-corrected chi connectivity index (χ3v) is 9.14. The number of carbonyl (C=O) groups is 1. The van der Waals surface area contributed by atoms with Crippen LogP contribution in [0.5, 0.6) is 11.5 Å². The molecule has 0 aliphatic carbocycles. The van der Waals surface area contributed by atoms with Gasteiger partial charge in [-0.1, -0.05) is 18.2 Å². The van der Waals surface area contributed by atoms with Gasteiger partial charge in [0.15, 0.2) is 11.5 Å². The number of nitrogens with one attached hydrogen (secondary N) is 2. The molecule has 13 heteroatoms. The molecule has 1 aliphatic rings. The van der Waals surface area contributed by atoms with E-state index in [1.54, 1.807) is 30.3 Å². The molecule has 41 heavy (non-hydrogen) atoms. The van der Waals surface area contributed by atoms with Crippen molar-refractivity contribution < 1.29 is 35.5 Å². The normalized spacial score (nSPS) is 12.8. The second kappa shape index (κ2) is 11.5. The number of anilines is 3. The molecule has 0 saturated carbocycles.